The Kier molecular flexibility index (Phi) is 6.06. The molecular formula is C6H13NO3. The summed E-state index contributed by atoms with van der Waals surface area (Å²) >= 11 is 0. The van der Waals surface area contributed by atoms with Gasteiger partial charge in [0, 0.05) is 25.1 Å². The van der Waals surface area contributed by atoms with Gasteiger partial charge in [0.15, 0.2) is 0 Å². The van der Waals surface area contributed by atoms with Gasteiger partial charge in [-0.15, -0.1) is 0 Å². The van der Waals surface area contributed by atoms with Crippen LogP contribution in [0.1, 0.15) is 19.3 Å². The van der Waals surface area contributed by atoms with Gasteiger partial charge < -0.3 is 4.74 Å². The second-order valence-corrected chi connectivity index (χ2v) is 2.11. The normalized spacial score (nSPS) is 9.70. The predicted molar refractivity (Wildman–Crippen MR) is 37.6 cm³/mol. The topological polar surface area (TPSA) is 52.4 Å². The molecule has 0 amide bonds. The summed E-state index contributed by atoms with van der Waals surface area (Å²) < 4.78 is 4.78. The number of rotatable bonds is 6. The Balaban J connectivity index is 2.84. The summed E-state index contributed by atoms with van der Waals surface area (Å²) in [6, 6.07) is 0. The maximum absolute atomic E-state index is 9.81. The van der Waals surface area contributed by atoms with Crippen molar-refractivity contribution in [2.75, 3.05) is 20.3 Å². The Hall–Kier alpha value is -0.640. The van der Waals surface area contributed by atoms with Crippen molar-refractivity contribution in [2.24, 2.45) is 0 Å². The summed E-state index contributed by atoms with van der Waals surface area (Å²) in [5, 5.41) is 9.81. The minimum Gasteiger partial charge on any atom is -0.385 e. The van der Waals surface area contributed by atoms with Crippen LogP contribution in [0.2, 0.25) is 0 Å². The molecule has 0 heterocycles. The predicted octanol–water partition coefficient (Wildman–Crippen LogP) is 1.08. The van der Waals surface area contributed by atoms with E-state index in [0.29, 0.717) is 13.0 Å². The average Bonchev–Trinajstić information content (AvgIpc) is 1.87. The van der Waals surface area contributed by atoms with E-state index in [9.17, 15) is 10.1 Å². The standard InChI is InChI=1S/C6H13NO3/c1-10-6-4-2-3-5-7(8)9/h2-6H2,1H3. The van der Waals surface area contributed by atoms with Crippen molar-refractivity contribution in [1.29, 1.82) is 0 Å². The van der Waals surface area contributed by atoms with Crippen LogP contribution in [0.5, 0.6) is 0 Å². The third-order valence-corrected chi connectivity index (χ3v) is 1.19. The van der Waals surface area contributed by atoms with Crippen LogP contribution in [0.4, 0.5) is 0 Å². The van der Waals surface area contributed by atoms with Crippen molar-refractivity contribution < 1.29 is 9.66 Å². The summed E-state index contributed by atoms with van der Waals surface area (Å²) in [7, 11) is 1.63. The van der Waals surface area contributed by atoms with E-state index < -0.39 is 0 Å². The van der Waals surface area contributed by atoms with E-state index in [1.165, 1.54) is 0 Å². The number of ether oxygens (including phenoxy) is 1. The van der Waals surface area contributed by atoms with Gasteiger partial charge >= 0.3 is 0 Å². The fourth-order valence-electron chi connectivity index (χ4n) is 0.664. The number of hydrogen-bond acceptors (Lipinski definition) is 3. The van der Waals surface area contributed by atoms with Crippen LogP contribution < -0.4 is 0 Å². The molecule has 0 aromatic carbocycles. The smallest absolute Gasteiger partial charge is 0.203 e. The lowest BCUT2D eigenvalue weighted by Crippen LogP contribution is -2.00. The summed E-state index contributed by atoms with van der Waals surface area (Å²) in [6.45, 7) is 0.793. The maximum atomic E-state index is 9.81. The molecule has 0 aliphatic carbocycles. The number of unbranched alkanes of at least 4 members (excludes halogenated alkanes) is 2. The van der Waals surface area contributed by atoms with Gasteiger partial charge in [0.2, 0.25) is 6.54 Å². The molecule has 0 unspecified atom stereocenters. The van der Waals surface area contributed by atoms with Crippen LogP contribution in [0.25, 0.3) is 0 Å². The van der Waals surface area contributed by atoms with Crippen molar-refractivity contribution in [3.8, 4) is 0 Å². The van der Waals surface area contributed by atoms with E-state index >= 15 is 0 Å². The molecule has 0 spiro atoms. The highest BCUT2D eigenvalue weighted by Crippen LogP contribution is 1.94. The molecule has 0 saturated carbocycles. The Bertz CT molecular complexity index is 95.0. The summed E-state index contributed by atoms with van der Waals surface area (Å²) in [4.78, 5) is 9.52. The lowest BCUT2D eigenvalue weighted by Gasteiger charge is -1.95. The Morgan fingerprint density at radius 3 is 2.60 bits per heavy atom. The molecular weight excluding hydrogens is 134 g/mol. The molecule has 0 atom stereocenters. The highest BCUT2D eigenvalue weighted by Gasteiger charge is 1.95. The first-order valence-electron chi connectivity index (χ1n) is 3.38. The number of nitrogens with zero attached hydrogens (tertiary/aromatic N) is 1. The van der Waals surface area contributed by atoms with Crippen LogP contribution in [-0.2, 0) is 4.74 Å². The molecule has 0 aliphatic heterocycles. The third-order valence-electron chi connectivity index (χ3n) is 1.19. The van der Waals surface area contributed by atoms with E-state index in [1.54, 1.807) is 7.11 Å². The largest absolute Gasteiger partial charge is 0.385 e. The van der Waals surface area contributed by atoms with Crippen molar-refractivity contribution in [1.82, 2.24) is 0 Å². The molecule has 0 bridgehead atoms. The van der Waals surface area contributed by atoms with Gasteiger partial charge in [0.25, 0.3) is 0 Å². The lowest BCUT2D eigenvalue weighted by molar-refractivity contribution is -0.480. The highest BCUT2D eigenvalue weighted by molar-refractivity contribution is 4.38. The summed E-state index contributed by atoms with van der Waals surface area (Å²) in [6.07, 6.45) is 2.47. The first-order chi connectivity index (χ1) is 4.77. The zero-order chi connectivity index (χ0) is 7.82. The van der Waals surface area contributed by atoms with Crippen molar-refractivity contribution >= 4 is 0 Å². The third kappa shape index (κ3) is 7.36. The molecule has 4 nitrogen and oxygen atoms in total. The van der Waals surface area contributed by atoms with Crippen LogP contribution in [0, 0.1) is 10.1 Å². The van der Waals surface area contributed by atoms with Gasteiger partial charge in [-0.25, -0.2) is 0 Å². The average molecular weight is 147 g/mol. The van der Waals surface area contributed by atoms with Gasteiger partial charge in [-0.2, -0.15) is 0 Å². The van der Waals surface area contributed by atoms with Crippen molar-refractivity contribution in [3.05, 3.63) is 10.1 Å². The van der Waals surface area contributed by atoms with E-state index in [1.807, 2.05) is 0 Å². The first-order valence-corrected chi connectivity index (χ1v) is 3.38. The zero-order valence-electron chi connectivity index (χ0n) is 6.21. The second-order valence-electron chi connectivity index (χ2n) is 2.11. The second kappa shape index (κ2) is 6.48. The van der Waals surface area contributed by atoms with Crippen LogP contribution in [0.15, 0.2) is 0 Å². The number of hydrogen-bond donors (Lipinski definition) is 0. The van der Waals surface area contributed by atoms with E-state index in [0.717, 1.165) is 12.8 Å². The summed E-state index contributed by atoms with van der Waals surface area (Å²) in [5.41, 5.74) is 0. The van der Waals surface area contributed by atoms with Crippen LogP contribution >= 0.6 is 0 Å². The van der Waals surface area contributed by atoms with E-state index in [-0.39, 0.29) is 11.5 Å². The van der Waals surface area contributed by atoms with Gasteiger partial charge in [0.1, 0.15) is 0 Å². The molecule has 0 radical (unpaired) electrons. The fraction of sp³-hybridized carbons (Fsp3) is 1.00. The molecule has 60 valence electrons. The van der Waals surface area contributed by atoms with Crippen molar-refractivity contribution in [3.63, 3.8) is 0 Å². The molecule has 0 N–H and O–H groups in total. The monoisotopic (exact) mass is 147 g/mol. The van der Waals surface area contributed by atoms with E-state index in [2.05, 4.69) is 0 Å². The molecule has 4 heteroatoms. The minimum absolute atomic E-state index is 0.0870. The number of nitro groups is 1. The summed E-state index contributed by atoms with van der Waals surface area (Å²) in [5.74, 6) is 0. The highest BCUT2D eigenvalue weighted by atomic mass is 16.6. The van der Waals surface area contributed by atoms with Crippen LogP contribution in [-0.4, -0.2) is 25.2 Å². The Morgan fingerprint density at radius 2 is 2.10 bits per heavy atom. The maximum Gasteiger partial charge on any atom is 0.203 e. The quantitative estimate of drug-likeness (QED) is 0.321. The van der Waals surface area contributed by atoms with Gasteiger partial charge in [0.05, 0.1) is 0 Å². The lowest BCUT2D eigenvalue weighted by atomic mass is 10.2. The Labute approximate surface area is 60.3 Å². The van der Waals surface area contributed by atoms with Crippen LogP contribution in [0.3, 0.4) is 0 Å². The van der Waals surface area contributed by atoms with Gasteiger partial charge in [-0.3, -0.25) is 10.1 Å². The fourth-order valence-corrected chi connectivity index (χ4v) is 0.664. The van der Waals surface area contributed by atoms with E-state index in [4.69, 9.17) is 4.74 Å². The molecule has 0 saturated heterocycles. The molecule has 0 aliphatic rings. The first kappa shape index (κ1) is 9.36. The van der Waals surface area contributed by atoms with Gasteiger partial charge in [-0.05, 0) is 12.8 Å². The SMILES string of the molecule is COCCCCC[N+](=O)[O-]. The molecule has 0 fully saturated rings. The zero-order valence-corrected chi connectivity index (χ0v) is 6.21. The molecule has 0 aromatic rings. The van der Waals surface area contributed by atoms with Gasteiger partial charge in [-0.1, -0.05) is 0 Å². The Morgan fingerprint density at radius 1 is 1.40 bits per heavy atom. The minimum atomic E-state index is -0.285. The number of methoxy groups -OCH3 is 1. The van der Waals surface area contributed by atoms with Crippen molar-refractivity contribution in [2.45, 2.75) is 19.3 Å². The molecule has 0 rings (SSSR count). The molecule has 10 heavy (non-hydrogen) atoms. The molecule has 0 aromatic heterocycles.